The number of aliphatic hydroxyl groups excluding tert-OH is 1. The van der Waals surface area contributed by atoms with Gasteiger partial charge in [0, 0.05) is 23.9 Å². The molecule has 6 aromatic rings. The Kier molecular flexibility index (Phi) is 13.5. The number of benzene rings is 5. The molecule has 0 spiro atoms. The standard InChI is InChI=1S/C26H24FN3O2.C19H24N2O4/c1-17(29-26(31)19-7-8-19)25(18-5-3-2-4-6-18)32-23-13-14-24-20(15-23)16-28-30(24)22-11-9-21(27)10-12-22;1-13(9-14-3-6-16(25-2)7-4-14)20-11-19(24)15-5-8-18(23)17(10-15)21-12-22/h2-6,9-17,19,25H,7-8H2,1H3,(H,29,31);3-8,10,12-13,19-20,23-24H,9,11H2,1-2H3,(H,21,22)/t17-,25-;13-,19+/m01/s1. The molecule has 1 aliphatic rings. The summed E-state index contributed by atoms with van der Waals surface area (Å²) in [5.74, 6) is 1.43. The number of fused-ring (bicyclic) bond motifs is 1. The molecule has 1 aliphatic carbocycles. The van der Waals surface area contributed by atoms with Crippen molar-refractivity contribution in [2.45, 2.75) is 57.4 Å². The van der Waals surface area contributed by atoms with Gasteiger partial charge >= 0.3 is 0 Å². The molecule has 57 heavy (non-hydrogen) atoms. The summed E-state index contributed by atoms with van der Waals surface area (Å²) in [6.45, 7) is 4.39. The highest BCUT2D eigenvalue weighted by Gasteiger charge is 2.32. The van der Waals surface area contributed by atoms with E-state index in [1.807, 2.05) is 86.6 Å². The minimum Gasteiger partial charge on any atom is -0.506 e. The molecule has 296 valence electrons. The van der Waals surface area contributed by atoms with Gasteiger partial charge in [0.2, 0.25) is 12.3 Å². The van der Waals surface area contributed by atoms with Crippen LogP contribution in [0.4, 0.5) is 10.1 Å². The van der Waals surface area contributed by atoms with Crippen LogP contribution >= 0.6 is 0 Å². The van der Waals surface area contributed by atoms with Crippen molar-refractivity contribution >= 4 is 28.9 Å². The predicted octanol–water partition coefficient (Wildman–Crippen LogP) is 7.42. The number of nitrogens with one attached hydrogen (secondary N) is 3. The Labute approximate surface area is 331 Å². The first-order valence-corrected chi connectivity index (χ1v) is 18.9. The van der Waals surface area contributed by atoms with Crippen molar-refractivity contribution < 1.29 is 33.7 Å². The number of methoxy groups -OCH3 is 1. The Bertz CT molecular complexity index is 2230. The van der Waals surface area contributed by atoms with Gasteiger partial charge in [-0.15, -0.1) is 0 Å². The number of hydrogen-bond acceptors (Lipinski definition) is 8. The van der Waals surface area contributed by atoms with Crippen LogP contribution in [0.1, 0.15) is 55.6 Å². The number of phenols is 1. The third-order valence-corrected chi connectivity index (χ3v) is 9.75. The number of rotatable bonds is 16. The Balaban J connectivity index is 0.000000200. The Hall–Kier alpha value is -6.24. The largest absolute Gasteiger partial charge is 0.506 e. The fourth-order valence-electron chi connectivity index (χ4n) is 6.44. The van der Waals surface area contributed by atoms with Crippen molar-refractivity contribution in [3.63, 3.8) is 0 Å². The lowest BCUT2D eigenvalue weighted by Gasteiger charge is -2.26. The normalized spacial score (nSPS) is 14.3. The summed E-state index contributed by atoms with van der Waals surface area (Å²) in [7, 11) is 1.64. The van der Waals surface area contributed by atoms with Gasteiger partial charge in [0.25, 0.3) is 0 Å². The smallest absolute Gasteiger partial charge is 0.223 e. The van der Waals surface area contributed by atoms with Crippen LogP contribution in [0.15, 0.2) is 121 Å². The van der Waals surface area contributed by atoms with E-state index in [-0.39, 0.29) is 47.3 Å². The average Bonchev–Trinajstić information content (AvgIpc) is 4.00. The van der Waals surface area contributed by atoms with Crippen molar-refractivity contribution in [1.82, 2.24) is 20.4 Å². The van der Waals surface area contributed by atoms with Crippen molar-refractivity contribution in [1.29, 1.82) is 0 Å². The number of aromatic hydroxyl groups is 1. The summed E-state index contributed by atoms with van der Waals surface area (Å²) in [4.78, 5) is 22.9. The van der Waals surface area contributed by atoms with Gasteiger partial charge in [-0.1, -0.05) is 48.5 Å². The lowest BCUT2D eigenvalue weighted by Crippen LogP contribution is -2.39. The molecule has 12 heteroatoms. The second-order valence-corrected chi connectivity index (χ2v) is 14.2. The fourth-order valence-corrected chi connectivity index (χ4v) is 6.44. The SMILES string of the molecule is COc1ccc(C[C@@H](C)NC[C@H](O)c2ccc(O)c(NC=O)c2)cc1.C[C@H](NC(=O)C1CC1)[C@H](Oc1ccc2c(cnn2-c2ccc(F)cc2)c1)c1ccccc1. The molecule has 1 fully saturated rings. The minimum atomic E-state index is -0.744. The van der Waals surface area contributed by atoms with E-state index in [0.717, 1.165) is 47.2 Å². The van der Waals surface area contributed by atoms with Crippen molar-refractivity contribution in [2.24, 2.45) is 5.92 Å². The van der Waals surface area contributed by atoms with E-state index in [1.165, 1.54) is 23.8 Å². The second-order valence-electron chi connectivity index (χ2n) is 14.2. The van der Waals surface area contributed by atoms with E-state index in [9.17, 15) is 24.2 Å². The maximum absolute atomic E-state index is 13.3. The minimum absolute atomic E-state index is 0.0381. The Morgan fingerprint density at radius 3 is 2.33 bits per heavy atom. The third kappa shape index (κ3) is 11.0. The number of phenolic OH excluding ortho intramolecular Hbond substituents is 1. The number of ether oxygens (including phenoxy) is 2. The van der Waals surface area contributed by atoms with Crippen LogP contribution in [0, 0.1) is 11.7 Å². The van der Waals surface area contributed by atoms with Gasteiger partial charge < -0.3 is 35.6 Å². The first-order valence-electron chi connectivity index (χ1n) is 18.9. The zero-order valence-electron chi connectivity index (χ0n) is 32.1. The third-order valence-electron chi connectivity index (χ3n) is 9.75. The molecule has 1 saturated carbocycles. The Morgan fingerprint density at radius 1 is 0.930 bits per heavy atom. The first kappa shape index (κ1) is 40.4. The molecule has 0 bridgehead atoms. The zero-order valence-corrected chi connectivity index (χ0v) is 32.1. The molecule has 5 aromatic carbocycles. The summed E-state index contributed by atoms with van der Waals surface area (Å²) >= 11 is 0. The van der Waals surface area contributed by atoms with Crippen LogP contribution in [0.3, 0.4) is 0 Å². The molecule has 5 N–H and O–H groups in total. The van der Waals surface area contributed by atoms with E-state index in [1.54, 1.807) is 42.3 Å². The Morgan fingerprint density at radius 2 is 1.65 bits per heavy atom. The van der Waals surface area contributed by atoms with Crippen LogP contribution in [0.5, 0.6) is 17.2 Å². The van der Waals surface area contributed by atoms with Gasteiger partial charge in [0.1, 0.15) is 29.2 Å². The molecule has 0 unspecified atom stereocenters. The lowest BCUT2D eigenvalue weighted by atomic mass is 10.0. The monoisotopic (exact) mass is 773 g/mol. The number of nitrogens with zero attached hydrogens (tertiary/aromatic N) is 2. The van der Waals surface area contributed by atoms with Crippen LogP contribution in [0.2, 0.25) is 0 Å². The highest BCUT2D eigenvalue weighted by molar-refractivity contribution is 5.82. The summed E-state index contributed by atoms with van der Waals surface area (Å²) in [5, 5.41) is 34.1. The summed E-state index contributed by atoms with van der Waals surface area (Å²) in [6, 6.07) is 34.4. The number of hydrogen-bond donors (Lipinski definition) is 5. The maximum Gasteiger partial charge on any atom is 0.223 e. The van der Waals surface area contributed by atoms with Gasteiger partial charge in [-0.05, 0) is 117 Å². The van der Waals surface area contributed by atoms with Gasteiger partial charge in [-0.3, -0.25) is 9.59 Å². The van der Waals surface area contributed by atoms with Crippen LogP contribution < -0.4 is 25.4 Å². The molecule has 11 nitrogen and oxygen atoms in total. The molecule has 1 heterocycles. The van der Waals surface area contributed by atoms with Crippen molar-refractivity contribution in [2.75, 3.05) is 19.0 Å². The molecule has 0 aliphatic heterocycles. The molecular formula is C45H48FN5O6. The quantitative estimate of drug-likeness (QED) is 0.0505. The van der Waals surface area contributed by atoms with E-state index >= 15 is 0 Å². The molecule has 0 radical (unpaired) electrons. The molecule has 0 saturated heterocycles. The first-order chi connectivity index (χ1) is 27.6. The van der Waals surface area contributed by atoms with Crippen molar-refractivity contribution in [3.05, 3.63) is 144 Å². The number of anilines is 1. The van der Waals surface area contributed by atoms with E-state index < -0.39 is 6.10 Å². The summed E-state index contributed by atoms with van der Waals surface area (Å²) < 4.78 is 26.6. The highest BCUT2D eigenvalue weighted by atomic mass is 19.1. The molecular weight excluding hydrogens is 726 g/mol. The summed E-state index contributed by atoms with van der Waals surface area (Å²) in [5.41, 5.74) is 4.75. The number of amides is 2. The number of aromatic nitrogens is 2. The second kappa shape index (κ2) is 19.1. The molecule has 1 aromatic heterocycles. The lowest BCUT2D eigenvalue weighted by molar-refractivity contribution is -0.123. The van der Waals surface area contributed by atoms with Crippen LogP contribution in [0.25, 0.3) is 16.6 Å². The van der Waals surface area contributed by atoms with Crippen LogP contribution in [-0.2, 0) is 16.0 Å². The summed E-state index contributed by atoms with van der Waals surface area (Å²) in [6.07, 6.45) is 3.93. The zero-order chi connectivity index (χ0) is 40.3. The van der Waals surface area contributed by atoms with E-state index in [4.69, 9.17) is 9.47 Å². The van der Waals surface area contributed by atoms with E-state index in [2.05, 4.69) is 21.0 Å². The van der Waals surface area contributed by atoms with E-state index in [0.29, 0.717) is 24.3 Å². The number of carbonyl (C=O) groups is 2. The van der Waals surface area contributed by atoms with Gasteiger partial charge in [0.05, 0.1) is 42.3 Å². The van der Waals surface area contributed by atoms with Crippen molar-refractivity contribution in [3.8, 4) is 22.9 Å². The molecule has 2 amide bonds. The number of halogens is 1. The average molecular weight is 774 g/mol. The fraction of sp³-hybridized carbons (Fsp3) is 0.267. The number of aliphatic hydroxyl groups is 1. The highest BCUT2D eigenvalue weighted by Crippen LogP contribution is 2.32. The van der Waals surface area contributed by atoms with Crippen LogP contribution in [-0.4, -0.2) is 58.0 Å². The van der Waals surface area contributed by atoms with Gasteiger partial charge in [-0.2, -0.15) is 5.10 Å². The van der Waals surface area contributed by atoms with Gasteiger partial charge in [-0.25, -0.2) is 9.07 Å². The maximum atomic E-state index is 13.3. The van der Waals surface area contributed by atoms with Gasteiger partial charge in [0.15, 0.2) is 0 Å². The number of carbonyl (C=O) groups excluding carboxylic acids is 2. The molecule has 4 atom stereocenters. The predicted molar refractivity (Wildman–Crippen MR) is 218 cm³/mol. The topological polar surface area (TPSA) is 147 Å². The molecule has 7 rings (SSSR count).